The van der Waals surface area contributed by atoms with E-state index in [4.69, 9.17) is 15.3 Å². The molecular weight excluding hydrogens is 388 g/mol. The third kappa shape index (κ3) is 2.69. The lowest BCUT2D eigenvalue weighted by Crippen LogP contribution is -2.58. The van der Waals surface area contributed by atoms with Gasteiger partial charge in [-0.25, -0.2) is 0 Å². The van der Waals surface area contributed by atoms with Gasteiger partial charge in [0.25, 0.3) is 0 Å². The van der Waals surface area contributed by atoms with Gasteiger partial charge in [-0.3, -0.25) is 0 Å². The van der Waals surface area contributed by atoms with E-state index in [1.165, 1.54) is 6.07 Å². The number of fused-ring (bicyclic) bond motifs is 2. The molecule has 0 aromatic heterocycles. The number of benzene rings is 2. The molecule has 0 radical (unpaired) electrons. The quantitative estimate of drug-likeness (QED) is 0.575. The molecule has 10 heteroatoms. The molecule has 0 bridgehead atoms. The third-order valence-electron chi connectivity index (χ3n) is 4.40. The lowest BCUT2D eigenvalue weighted by molar-refractivity contribution is -0.309. The largest absolute Gasteiger partial charge is 0.453 e. The summed E-state index contributed by atoms with van der Waals surface area (Å²) in [6.07, 6.45) is -11.9. The minimum Gasteiger partial charge on any atom is -0.453 e. The molecule has 4 nitrogen and oxygen atoms in total. The van der Waals surface area contributed by atoms with Gasteiger partial charge in [0.05, 0.1) is 23.5 Å². The Morgan fingerprint density at radius 3 is 1.96 bits per heavy atom. The first kappa shape index (κ1) is 19.4. The van der Waals surface area contributed by atoms with E-state index < -0.39 is 29.2 Å². The van der Waals surface area contributed by atoms with E-state index in [1.807, 2.05) is 0 Å². The number of alkyl halides is 6. The van der Waals surface area contributed by atoms with Crippen LogP contribution in [0.1, 0.15) is 5.56 Å². The topological polar surface area (TPSA) is 68.8 Å². The maximum Gasteiger partial charge on any atom is 0.409 e. The van der Waals surface area contributed by atoms with Crippen molar-refractivity contribution in [2.45, 2.75) is 17.8 Å². The molecule has 3 rings (SSSR count). The van der Waals surface area contributed by atoms with Crippen molar-refractivity contribution in [3.63, 3.8) is 0 Å². The summed E-state index contributed by atoms with van der Waals surface area (Å²) in [5.74, 6) is -3.13. The van der Waals surface area contributed by atoms with Crippen molar-refractivity contribution in [2.24, 2.45) is 5.92 Å². The number of anilines is 2. The summed E-state index contributed by atoms with van der Waals surface area (Å²) in [7, 11) is 0. The number of nitriles is 2. The van der Waals surface area contributed by atoms with Crippen LogP contribution in [0, 0.1) is 28.6 Å². The first-order valence-electron chi connectivity index (χ1n) is 7.67. The molecule has 1 aliphatic heterocycles. The van der Waals surface area contributed by atoms with E-state index in [0.717, 1.165) is 18.2 Å². The van der Waals surface area contributed by atoms with Crippen LogP contribution in [0.4, 0.5) is 37.7 Å². The highest BCUT2D eigenvalue weighted by Crippen LogP contribution is 2.57. The van der Waals surface area contributed by atoms with E-state index in [0.29, 0.717) is 17.8 Å². The monoisotopic (exact) mass is 397 g/mol. The minimum atomic E-state index is -5.96. The van der Waals surface area contributed by atoms with Crippen LogP contribution in [-0.4, -0.2) is 12.4 Å². The number of rotatable bonds is 2. The first-order chi connectivity index (χ1) is 13.1. The van der Waals surface area contributed by atoms with Crippen molar-refractivity contribution >= 4 is 11.4 Å². The zero-order valence-corrected chi connectivity index (χ0v) is 13.7. The first-order valence-corrected chi connectivity index (χ1v) is 7.67. The van der Waals surface area contributed by atoms with Gasteiger partial charge >= 0.3 is 12.4 Å². The Kier molecular flexibility index (Phi) is 4.39. The Hall–Kier alpha value is -3.40. The van der Waals surface area contributed by atoms with Crippen LogP contribution in [0.5, 0.6) is 11.5 Å². The normalized spacial score (nSPS) is 13.5. The third-order valence-corrected chi connectivity index (χ3v) is 4.40. The number of ether oxygens (including phenoxy) is 1. The maximum atomic E-state index is 13.8. The van der Waals surface area contributed by atoms with Gasteiger partial charge < -0.3 is 10.1 Å². The van der Waals surface area contributed by atoms with Gasteiger partial charge in [-0.1, -0.05) is 18.2 Å². The fraction of sp³-hybridized carbons (Fsp3) is 0.222. The van der Waals surface area contributed by atoms with Crippen LogP contribution < -0.4 is 10.1 Å². The predicted molar refractivity (Wildman–Crippen MR) is 84.7 cm³/mol. The number of hydrogen-bond acceptors (Lipinski definition) is 4. The number of nitrogens with one attached hydrogen (secondary N) is 1. The van der Waals surface area contributed by atoms with Crippen LogP contribution in [0.3, 0.4) is 0 Å². The van der Waals surface area contributed by atoms with Crippen molar-refractivity contribution in [1.29, 1.82) is 10.5 Å². The molecule has 0 atom stereocenters. The molecule has 0 amide bonds. The molecule has 0 spiro atoms. The van der Waals surface area contributed by atoms with Crippen molar-refractivity contribution < 1.29 is 31.1 Å². The molecule has 1 aliphatic rings. The molecule has 1 N–H and O–H groups in total. The van der Waals surface area contributed by atoms with Gasteiger partial charge in [0.15, 0.2) is 17.4 Å². The van der Waals surface area contributed by atoms with Gasteiger partial charge in [-0.15, -0.1) is 0 Å². The summed E-state index contributed by atoms with van der Waals surface area (Å²) < 4.78 is 88.1. The second kappa shape index (κ2) is 6.34. The highest BCUT2D eigenvalue weighted by Gasteiger charge is 2.76. The summed E-state index contributed by atoms with van der Waals surface area (Å²) in [5, 5.41) is 20.6. The van der Waals surface area contributed by atoms with Gasteiger partial charge in [-0.2, -0.15) is 36.9 Å². The van der Waals surface area contributed by atoms with Crippen LogP contribution in [0.2, 0.25) is 0 Å². The number of halogens is 6. The summed E-state index contributed by atoms with van der Waals surface area (Å²) in [4.78, 5) is 0. The van der Waals surface area contributed by atoms with Crippen LogP contribution >= 0.6 is 0 Å². The van der Waals surface area contributed by atoms with E-state index in [1.54, 1.807) is 18.2 Å². The predicted octanol–water partition coefficient (Wildman–Crippen LogP) is 5.56. The Bertz CT molecular complexity index is 972. The fourth-order valence-electron chi connectivity index (χ4n) is 3.08. The lowest BCUT2D eigenvalue weighted by atomic mass is 9.69. The molecule has 0 saturated heterocycles. The molecule has 2 aromatic rings. The average Bonchev–Trinajstić information content (AvgIpc) is 2.61. The maximum absolute atomic E-state index is 13.8. The smallest absolute Gasteiger partial charge is 0.409 e. The molecule has 0 fully saturated rings. The Balaban J connectivity index is 2.24. The highest BCUT2D eigenvalue weighted by atomic mass is 19.4. The van der Waals surface area contributed by atoms with Crippen molar-refractivity contribution in [3.05, 3.63) is 48.0 Å². The molecule has 0 unspecified atom stereocenters. The molecule has 1 heterocycles. The molecule has 28 heavy (non-hydrogen) atoms. The van der Waals surface area contributed by atoms with Gasteiger partial charge in [0, 0.05) is 0 Å². The molecule has 0 aliphatic carbocycles. The fourth-order valence-corrected chi connectivity index (χ4v) is 3.08. The Morgan fingerprint density at radius 2 is 1.39 bits per heavy atom. The van der Waals surface area contributed by atoms with Crippen molar-refractivity contribution in [1.82, 2.24) is 0 Å². The minimum absolute atomic E-state index is 0.145. The number of hydrogen-bond donors (Lipinski definition) is 1. The molecule has 144 valence electrons. The van der Waals surface area contributed by atoms with Crippen molar-refractivity contribution in [2.75, 3.05) is 5.32 Å². The molecule has 0 saturated carbocycles. The van der Waals surface area contributed by atoms with E-state index in [9.17, 15) is 26.3 Å². The standard InChI is InChI=1S/C18H9F6N3O/c19-17(20,21)16(18(22,23)24,11(8-25)9-26)10-5-6-13-15(7-10)28-14-4-2-1-3-12(14)27-13/h1-7,11,27H. The lowest BCUT2D eigenvalue weighted by Gasteiger charge is -2.38. The summed E-state index contributed by atoms with van der Waals surface area (Å²) in [6, 6.07) is 10.1. The summed E-state index contributed by atoms with van der Waals surface area (Å²) >= 11 is 0. The number of nitrogens with zero attached hydrogens (tertiary/aromatic N) is 2. The zero-order valence-electron chi connectivity index (χ0n) is 13.7. The summed E-state index contributed by atoms with van der Waals surface area (Å²) in [6.45, 7) is 0. The molecule has 2 aromatic carbocycles. The second-order valence-electron chi connectivity index (χ2n) is 5.93. The van der Waals surface area contributed by atoms with Crippen LogP contribution in [0.25, 0.3) is 0 Å². The Morgan fingerprint density at radius 1 is 0.821 bits per heavy atom. The van der Waals surface area contributed by atoms with Gasteiger partial charge in [0.2, 0.25) is 5.41 Å². The van der Waals surface area contributed by atoms with Gasteiger partial charge in [-0.05, 0) is 29.8 Å². The SMILES string of the molecule is N#CC(C#N)C(c1ccc2c(c1)Oc1ccccc1N2)(C(F)(F)F)C(F)(F)F. The summed E-state index contributed by atoms with van der Waals surface area (Å²) in [5.41, 5.74) is -5.38. The van der Waals surface area contributed by atoms with Crippen LogP contribution in [0.15, 0.2) is 42.5 Å². The zero-order chi connectivity index (χ0) is 20.7. The van der Waals surface area contributed by atoms with Gasteiger partial charge in [0.1, 0.15) is 0 Å². The highest BCUT2D eigenvalue weighted by molar-refractivity contribution is 5.76. The average molecular weight is 397 g/mol. The Labute approximate surface area is 154 Å². The molecular formula is C18H9F6N3O. The van der Waals surface area contributed by atoms with E-state index in [-0.39, 0.29) is 17.2 Å². The van der Waals surface area contributed by atoms with Crippen molar-refractivity contribution in [3.8, 4) is 23.6 Å². The van der Waals surface area contributed by atoms with Crippen LogP contribution in [-0.2, 0) is 5.41 Å². The van der Waals surface area contributed by atoms with E-state index in [2.05, 4.69) is 5.32 Å². The van der Waals surface area contributed by atoms with E-state index >= 15 is 0 Å². The second-order valence-corrected chi connectivity index (χ2v) is 5.93. The number of para-hydroxylation sites is 2.